The molecule has 29 heavy (non-hydrogen) atoms. The second kappa shape index (κ2) is 6.03. The lowest BCUT2D eigenvalue weighted by atomic mass is 9.44. The molecule has 8 heteroatoms. The number of hydrogen-bond donors (Lipinski definition) is 4. The van der Waals surface area contributed by atoms with Crippen LogP contribution in [0.15, 0.2) is 23.8 Å². The molecule has 0 aliphatic heterocycles. The fraction of sp³-hybridized carbons (Fsp3) is 0.714. The molecule has 0 aromatic carbocycles. The Morgan fingerprint density at radius 3 is 2.48 bits per heavy atom. The number of hydrogen-bond acceptors (Lipinski definition) is 6. The van der Waals surface area contributed by atoms with E-state index in [1.165, 1.54) is 19.9 Å². The Hall–Kier alpha value is -1.48. The predicted molar refractivity (Wildman–Crippen MR) is 97.1 cm³/mol. The normalized spacial score (nSPS) is 53.7. The van der Waals surface area contributed by atoms with Crippen LogP contribution < -0.4 is 0 Å². The smallest absolute Gasteiger partial charge is 0.192 e. The lowest BCUT2D eigenvalue weighted by molar-refractivity contribution is -0.226. The standard InChI is InChI=1S/C21H26F2O6/c1-18-4-3-10(25)5-13(18)14(22)6-12-11-7-15(26)21(29,17(28)9-24)19(11,2)8-16(27)20(12,18)23/h3-5,11-12,14-16,24,26-27,29H,6-9H2,1-2H3/t11-,12?,14-,15+,16-,18-,19-,20-,21-/m0/s1. The maximum Gasteiger partial charge on any atom is 0.192 e. The van der Waals surface area contributed by atoms with E-state index in [1.54, 1.807) is 0 Å². The SMILES string of the molecule is C[C@]12C=CC(=O)C=C1[C@@H](F)CC1[C@@H]3C[C@@H](O)[C@](O)(C(=O)CO)[C@@]3(C)C[C@H](O)[C@@]12F. The van der Waals surface area contributed by atoms with Crippen molar-refractivity contribution in [3.63, 3.8) is 0 Å². The topological polar surface area (TPSA) is 115 Å². The maximum atomic E-state index is 16.8. The summed E-state index contributed by atoms with van der Waals surface area (Å²) in [6.45, 7) is 1.91. The van der Waals surface area contributed by atoms with E-state index in [9.17, 15) is 30.0 Å². The van der Waals surface area contributed by atoms with Crippen molar-refractivity contribution in [2.75, 3.05) is 6.61 Å². The summed E-state index contributed by atoms with van der Waals surface area (Å²) in [6, 6.07) is 0. The van der Waals surface area contributed by atoms with Gasteiger partial charge in [0.15, 0.2) is 22.8 Å². The average Bonchev–Trinajstić information content (AvgIpc) is 2.86. The number of carbonyl (C=O) groups is 2. The van der Waals surface area contributed by atoms with Gasteiger partial charge in [-0.05, 0) is 49.8 Å². The zero-order chi connectivity index (χ0) is 21.6. The molecule has 1 unspecified atom stereocenters. The van der Waals surface area contributed by atoms with Crippen molar-refractivity contribution in [2.24, 2.45) is 22.7 Å². The highest BCUT2D eigenvalue weighted by molar-refractivity contribution is 6.01. The number of ketones is 2. The minimum Gasteiger partial charge on any atom is -0.390 e. The van der Waals surface area contributed by atoms with Gasteiger partial charge in [0, 0.05) is 16.7 Å². The van der Waals surface area contributed by atoms with Gasteiger partial charge in [-0.15, -0.1) is 0 Å². The average molecular weight is 412 g/mol. The summed E-state index contributed by atoms with van der Waals surface area (Å²) in [5.41, 5.74) is -7.76. The van der Waals surface area contributed by atoms with Crippen LogP contribution in [-0.4, -0.2) is 68.2 Å². The van der Waals surface area contributed by atoms with Gasteiger partial charge < -0.3 is 20.4 Å². The molecule has 9 atom stereocenters. The first-order valence-corrected chi connectivity index (χ1v) is 9.88. The lowest BCUT2D eigenvalue weighted by Crippen LogP contribution is -2.70. The number of carbonyl (C=O) groups excluding carboxylic acids is 2. The van der Waals surface area contributed by atoms with Crippen LogP contribution in [0.25, 0.3) is 0 Å². The molecular weight excluding hydrogens is 386 g/mol. The number of fused-ring (bicyclic) bond motifs is 5. The molecule has 0 aromatic rings. The molecule has 0 heterocycles. The summed E-state index contributed by atoms with van der Waals surface area (Å²) in [5.74, 6) is -3.37. The van der Waals surface area contributed by atoms with Crippen LogP contribution >= 0.6 is 0 Å². The summed E-state index contributed by atoms with van der Waals surface area (Å²) < 4.78 is 32.0. The Balaban J connectivity index is 1.87. The second-order valence-electron chi connectivity index (χ2n) is 9.46. The van der Waals surface area contributed by atoms with Crippen molar-refractivity contribution in [1.82, 2.24) is 0 Å². The van der Waals surface area contributed by atoms with Crippen LogP contribution in [0.1, 0.15) is 33.1 Å². The quantitative estimate of drug-likeness (QED) is 0.527. The molecule has 0 bridgehead atoms. The highest BCUT2D eigenvalue weighted by atomic mass is 19.1. The van der Waals surface area contributed by atoms with Crippen LogP contribution in [0.2, 0.25) is 0 Å². The first-order chi connectivity index (χ1) is 13.4. The van der Waals surface area contributed by atoms with Gasteiger partial charge in [0.25, 0.3) is 0 Å². The van der Waals surface area contributed by atoms with Crippen molar-refractivity contribution in [3.8, 4) is 0 Å². The molecule has 4 aliphatic carbocycles. The van der Waals surface area contributed by atoms with Gasteiger partial charge in [0.05, 0.1) is 12.2 Å². The number of rotatable bonds is 2. The van der Waals surface area contributed by atoms with E-state index in [-0.39, 0.29) is 24.8 Å². The van der Waals surface area contributed by atoms with Crippen LogP contribution in [0.4, 0.5) is 8.78 Å². The Kier molecular flexibility index (Phi) is 4.32. The van der Waals surface area contributed by atoms with E-state index < -0.39 is 70.5 Å². The number of allylic oxidation sites excluding steroid dienone is 4. The molecule has 0 spiro atoms. The van der Waals surface area contributed by atoms with Crippen molar-refractivity contribution < 1.29 is 38.8 Å². The Bertz CT molecular complexity index is 841. The molecule has 3 fully saturated rings. The predicted octanol–water partition coefficient (Wildman–Crippen LogP) is 0.569. The summed E-state index contributed by atoms with van der Waals surface area (Å²) in [5, 5.41) is 42.0. The molecule has 0 aromatic heterocycles. The number of Topliss-reactive ketones (excluding diaryl/α,β-unsaturated/α-hetero) is 1. The monoisotopic (exact) mass is 412 g/mol. The minimum absolute atomic E-state index is 0.0216. The Morgan fingerprint density at radius 2 is 1.86 bits per heavy atom. The molecule has 4 N–H and O–H groups in total. The van der Waals surface area contributed by atoms with Gasteiger partial charge in [-0.2, -0.15) is 0 Å². The van der Waals surface area contributed by atoms with Crippen LogP contribution in [0, 0.1) is 22.7 Å². The number of aliphatic hydroxyl groups is 4. The molecule has 3 saturated carbocycles. The first kappa shape index (κ1) is 20.8. The van der Waals surface area contributed by atoms with E-state index in [4.69, 9.17) is 0 Å². The summed E-state index contributed by atoms with van der Waals surface area (Å²) in [7, 11) is 0. The molecule has 0 radical (unpaired) electrons. The molecule has 4 rings (SSSR count). The number of alkyl halides is 2. The zero-order valence-electron chi connectivity index (χ0n) is 16.3. The fourth-order valence-electron chi connectivity index (χ4n) is 6.84. The van der Waals surface area contributed by atoms with Crippen LogP contribution in [0.5, 0.6) is 0 Å². The third kappa shape index (κ3) is 2.18. The highest BCUT2D eigenvalue weighted by Gasteiger charge is 2.77. The van der Waals surface area contributed by atoms with Gasteiger partial charge >= 0.3 is 0 Å². The van der Waals surface area contributed by atoms with Gasteiger partial charge in [0.1, 0.15) is 12.8 Å². The molecule has 0 saturated heterocycles. The fourth-order valence-corrected chi connectivity index (χ4v) is 6.84. The van der Waals surface area contributed by atoms with E-state index in [2.05, 4.69) is 0 Å². The summed E-state index contributed by atoms with van der Waals surface area (Å²) >= 11 is 0. The largest absolute Gasteiger partial charge is 0.390 e. The van der Waals surface area contributed by atoms with Crippen LogP contribution in [-0.2, 0) is 9.59 Å². The zero-order valence-corrected chi connectivity index (χ0v) is 16.3. The van der Waals surface area contributed by atoms with Crippen LogP contribution in [0.3, 0.4) is 0 Å². The van der Waals surface area contributed by atoms with Gasteiger partial charge in [-0.3, -0.25) is 9.59 Å². The molecular formula is C21H26F2O6. The Labute approximate surface area is 166 Å². The molecule has 6 nitrogen and oxygen atoms in total. The van der Waals surface area contributed by atoms with Crippen molar-refractivity contribution in [2.45, 2.75) is 62.8 Å². The van der Waals surface area contributed by atoms with Gasteiger partial charge in [-0.1, -0.05) is 13.0 Å². The second-order valence-corrected chi connectivity index (χ2v) is 9.46. The maximum absolute atomic E-state index is 16.8. The molecule has 4 aliphatic rings. The Morgan fingerprint density at radius 1 is 1.21 bits per heavy atom. The molecule has 0 amide bonds. The highest BCUT2D eigenvalue weighted by Crippen LogP contribution is 2.69. The summed E-state index contributed by atoms with van der Waals surface area (Å²) in [6.07, 6.45) is -2.21. The third-order valence-corrected chi connectivity index (χ3v) is 8.42. The van der Waals surface area contributed by atoms with E-state index in [0.717, 1.165) is 12.2 Å². The van der Waals surface area contributed by atoms with Gasteiger partial charge in [-0.25, -0.2) is 8.78 Å². The van der Waals surface area contributed by atoms with E-state index in [0.29, 0.717) is 0 Å². The van der Waals surface area contributed by atoms with Crippen molar-refractivity contribution in [1.29, 1.82) is 0 Å². The lowest BCUT2D eigenvalue weighted by Gasteiger charge is -2.62. The third-order valence-electron chi connectivity index (χ3n) is 8.42. The van der Waals surface area contributed by atoms with E-state index in [1.807, 2.05) is 0 Å². The van der Waals surface area contributed by atoms with Crippen molar-refractivity contribution in [3.05, 3.63) is 23.8 Å². The van der Waals surface area contributed by atoms with E-state index >= 15 is 8.78 Å². The van der Waals surface area contributed by atoms with Crippen molar-refractivity contribution >= 4 is 11.6 Å². The summed E-state index contributed by atoms with van der Waals surface area (Å²) in [4.78, 5) is 24.2. The number of halogens is 2. The van der Waals surface area contributed by atoms with Gasteiger partial charge in [0.2, 0.25) is 0 Å². The molecule has 160 valence electrons. The first-order valence-electron chi connectivity index (χ1n) is 9.88. The minimum atomic E-state index is -2.37. The number of aliphatic hydroxyl groups excluding tert-OH is 3.